The minimum atomic E-state index is -0.101. The molecule has 2 rings (SSSR count). The van der Waals surface area contributed by atoms with E-state index in [9.17, 15) is 9.59 Å². The van der Waals surface area contributed by atoms with Crippen LogP contribution in [-0.2, 0) is 11.3 Å². The highest BCUT2D eigenvalue weighted by molar-refractivity contribution is 5.93. The number of nitrogens with zero attached hydrogens (tertiary/aromatic N) is 1. The van der Waals surface area contributed by atoms with E-state index in [2.05, 4.69) is 10.6 Å². The van der Waals surface area contributed by atoms with E-state index in [4.69, 9.17) is 0 Å². The fourth-order valence-corrected chi connectivity index (χ4v) is 2.42. The molecule has 0 spiro atoms. The summed E-state index contributed by atoms with van der Waals surface area (Å²) in [5, 5.41) is 5.80. The lowest BCUT2D eigenvalue weighted by molar-refractivity contribution is -0.132. The van der Waals surface area contributed by atoms with Crippen LogP contribution in [0, 0.1) is 0 Å². The topological polar surface area (TPSA) is 61.4 Å². The van der Waals surface area contributed by atoms with Crippen LogP contribution in [0.15, 0.2) is 24.3 Å². The standard InChI is InChI=1S/C15H21N3O2/c1-16-14(19)12-7-5-11(6-8-12)10-18(2)15(20)13-4-3-9-17-13/h5-8,13,17H,3-4,9-10H2,1-2H3,(H,16,19). The molecule has 0 bridgehead atoms. The summed E-state index contributed by atoms with van der Waals surface area (Å²) in [7, 11) is 3.42. The molecule has 1 saturated heterocycles. The summed E-state index contributed by atoms with van der Waals surface area (Å²) in [6.45, 7) is 1.48. The van der Waals surface area contributed by atoms with E-state index < -0.39 is 0 Å². The average molecular weight is 275 g/mol. The first-order valence-corrected chi connectivity index (χ1v) is 6.91. The molecule has 1 atom stereocenters. The molecule has 1 fully saturated rings. The largest absolute Gasteiger partial charge is 0.355 e. The maximum atomic E-state index is 12.2. The van der Waals surface area contributed by atoms with E-state index in [1.807, 2.05) is 19.2 Å². The Morgan fingerprint density at radius 2 is 2.05 bits per heavy atom. The van der Waals surface area contributed by atoms with Crippen molar-refractivity contribution in [2.45, 2.75) is 25.4 Å². The smallest absolute Gasteiger partial charge is 0.251 e. The molecule has 2 N–H and O–H groups in total. The molecule has 20 heavy (non-hydrogen) atoms. The van der Waals surface area contributed by atoms with Gasteiger partial charge in [0.05, 0.1) is 6.04 Å². The summed E-state index contributed by atoms with van der Waals surface area (Å²) >= 11 is 0. The first kappa shape index (κ1) is 14.5. The molecule has 1 aliphatic rings. The van der Waals surface area contributed by atoms with Crippen LogP contribution < -0.4 is 10.6 Å². The summed E-state index contributed by atoms with van der Waals surface area (Å²) < 4.78 is 0. The molecule has 108 valence electrons. The lowest BCUT2D eigenvalue weighted by atomic mass is 10.1. The summed E-state index contributed by atoms with van der Waals surface area (Å²) in [6, 6.07) is 7.29. The fraction of sp³-hybridized carbons (Fsp3) is 0.467. The second-order valence-corrected chi connectivity index (χ2v) is 5.12. The fourth-order valence-electron chi connectivity index (χ4n) is 2.42. The van der Waals surface area contributed by atoms with Crippen LogP contribution in [0.3, 0.4) is 0 Å². The van der Waals surface area contributed by atoms with Crippen molar-refractivity contribution >= 4 is 11.8 Å². The number of carbonyl (C=O) groups excluding carboxylic acids is 2. The molecule has 1 aliphatic heterocycles. The molecule has 1 unspecified atom stereocenters. The lowest BCUT2D eigenvalue weighted by Gasteiger charge is -2.21. The number of amides is 2. The zero-order valence-corrected chi connectivity index (χ0v) is 12.0. The van der Waals surface area contributed by atoms with Gasteiger partial charge in [-0.25, -0.2) is 0 Å². The molecule has 1 aromatic carbocycles. The Balaban J connectivity index is 1.95. The third-order valence-corrected chi connectivity index (χ3v) is 3.60. The quantitative estimate of drug-likeness (QED) is 0.852. The van der Waals surface area contributed by atoms with Crippen molar-refractivity contribution in [3.05, 3.63) is 35.4 Å². The molecule has 0 saturated carbocycles. The van der Waals surface area contributed by atoms with Crippen LogP contribution >= 0.6 is 0 Å². The molecule has 1 heterocycles. The van der Waals surface area contributed by atoms with E-state index in [-0.39, 0.29) is 17.9 Å². The molecular weight excluding hydrogens is 254 g/mol. The average Bonchev–Trinajstić information content (AvgIpc) is 3.00. The highest BCUT2D eigenvalue weighted by atomic mass is 16.2. The van der Waals surface area contributed by atoms with Gasteiger partial charge in [0.15, 0.2) is 0 Å². The summed E-state index contributed by atoms with van der Waals surface area (Å²) in [6.07, 6.45) is 1.98. The Hall–Kier alpha value is -1.88. The van der Waals surface area contributed by atoms with Crippen molar-refractivity contribution in [1.29, 1.82) is 0 Å². The monoisotopic (exact) mass is 275 g/mol. The molecular formula is C15H21N3O2. The minimum absolute atomic E-state index is 0.0369. The molecule has 0 aromatic heterocycles. The van der Waals surface area contributed by atoms with Gasteiger partial charge in [0.2, 0.25) is 5.91 Å². The van der Waals surface area contributed by atoms with E-state index in [0.29, 0.717) is 12.1 Å². The zero-order chi connectivity index (χ0) is 14.5. The maximum absolute atomic E-state index is 12.2. The van der Waals surface area contributed by atoms with E-state index in [1.165, 1.54) is 0 Å². The summed E-state index contributed by atoms with van der Waals surface area (Å²) in [5.41, 5.74) is 1.65. The summed E-state index contributed by atoms with van der Waals surface area (Å²) in [5.74, 6) is 0.0361. The molecule has 0 aliphatic carbocycles. The van der Waals surface area contributed by atoms with Gasteiger partial charge in [0.25, 0.3) is 5.91 Å². The number of hydrogen-bond donors (Lipinski definition) is 2. The number of benzene rings is 1. The van der Waals surface area contributed by atoms with Crippen LogP contribution in [0.4, 0.5) is 0 Å². The van der Waals surface area contributed by atoms with Gasteiger partial charge in [-0.05, 0) is 37.1 Å². The number of hydrogen-bond acceptors (Lipinski definition) is 3. The van der Waals surface area contributed by atoms with Crippen molar-refractivity contribution in [1.82, 2.24) is 15.5 Å². The van der Waals surface area contributed by atoms with Crippen LogP contribution in [0.25, 0.3) is 0 Å². The highest BCUT2D eigenvalue weighted by Gasteiger charge is 2.24. The zero-order valence-electron chi connectivity index (χ0n) is 12.0. The molecule has 0 radical (unpaired) electrons. The van der Waals surface area contributed by atoms with Gasteiger partial charge in [-0.15, -0.1) is 0 Å². The maximum Gasteiger partial charge on any atom is 0.251 e. The Kier molecular flexibility index (Phi) is 4.74. The Labute approximate surface area is 119 Å². The molecule has 1 aromatic rings. The molecule has 5 nitrogen and oxygen atoms in total. The van der Waals surface area contributed by atoms with E-state index in [1.54, 1.807) is 24.1 Å². The number of rotatable bonds is 4. The third kappa shape index (κ3) is 3.36. The van der Waals surface area contributed by atoms with Gasteiger partial charge >= 0.3 is 0 Å². The van der Waals surface area contributed by atoms with Crippen molar-refractivity contribution in [3.63, 3.8) is 0 Å². The van der Waals surface area contributed by atoms with E-state index >= 15 is 0 Å². The third-order valence-electron chi connectivity index (χ3n) is 3.60. The number of nitrogens with one attached hydrogen (secondary N) is 2. The van der Waals surface area contributed by atoms with Gasteiger partial charge in [-0.1, -0.05) is 12.1 Å². The Bertz CT molecular complexity index is 478. The number of carbonyl (C=O) groups is 2. The Morgan fingerprint density at radius 3 is 2.60 bits per heavy atom. The molecule has 5 heteroatoms. The number of likely N-dealkylation sites (N-methyl/N-ethyl adjacent to an activating group) is 1. The van der Waals surface area contributed by atoms with Crippen molar-refractivity contribution in [2.75, 3.05) is 20.6 Å². The predicted molar refractivity (Wildman–Crippen MR) is 77.3 cm³/mol. The second kappa shape index (κ2) is 6.52. The highest BCUT2D eigenvalue weighted by Crippen LogP contribution is 2.11. The second-order valence-electron chi connectivity index (χ2n) is 5.12. The van der Waals surface area contributed by atoms with Gasteiger partial charge in [0.1, 0.15) is 0 Å². The van der Waals surface area contributed by atoms with Crippen LogP contribution in [0.1, 0.15) is 28.8 Å². The minimum Gasteiger partial charge on any atom is -0.355 e. The van der Waals surface area contributed by atoms with Crippen molar-refractivity contribution in [3.8, 4) is 0 Å². The van der Waals surface area contributed by atoms with Gasteiger partial charge in [-0.3, -0.25) is 9.59 Å². The SMILES string of the molecule is CNC(=O)c1ccc(CN(C)C(=O)C2CCCN2)cc1. The molecule has 2 amide bonds. The van der Waals surface area contributed by atoms with Crippen LogP contribution in [0.2, 0.25) is 0 Å². The lowest BCUT2D eigenvalue weighted by Crippen LogP contribution is -2.41. The van der Waals surface area contributed by atoms with Gasteiger partial charge < -0.3 is 15.5 Å². The first-order valence-electron chi connectivity index (χ1n) is 6.91. The van der Waals surface area contributed by atoms with Crippen molar-refractivity contribution < 1.29 is 9.59 Å². The predicted octanol–water partition coefficient (Wildman–Crippen LogP) is 0.757. The van der Waals surface area contributed by atoms with Crippen LogP contribution in [-0.4, -0.2) is 43.4 Å². The van der Waals surface area contributed by atoms with E-state index in [0.717, 1.165) is 24.9 Å². The Morgan fingerprint density at radius 1 is 1.35 bits per heavy atom. The van der Waals surface area contributed by atoms with Crippen LogP contribution in [0.5, 0.6) is 0 Å². The van der Waals surface area contributed by atoms with Crippen molar-refractivity contribution in [2.24, 2.45) is 0 Å². The van der Waals surface area contributed by atoms with Gasteiger partial charge in [-0.2, -0.15) is 0 Å². The summed E-state index contributed by atoms with van der Waals surface area (Å²) in [4.78, 5) is 25.3. The first-order chi connectivity index (χ1) is 9.61. The normalized spacial score (nSPS) is 17.8. The van der Waals surface area contributed by atoms with Gasteiger partial charge in [0, 0.05) is 26.2 Å².